The molecule has 0 radical (unpaired) electrons. The largest absolute Gasteiger partial charge is 0.357 e. The van der Waals surface area contributed by atoms with Crippen LogP contribution in [0.1, 0.15) is 57.1 Å². The van der Waals surface area contributed by atoms with Crippen LogP contribution in [-0.4, -0.2) is 16.6 Å². The summed E-state index contributed by atoms with van der Waals surface area (Å²) in [5, 5.41) is 14.6. The van der Waals surface area contributed by atoms with E-state index in [0.717, 1.165) is 37.1 Å². The van der Waals surface area contributed by atoms with Crippen molar-refractivity contribution < 1.29 is 14.5 Å². The van der Waals surface area contributed by atoms with Crippen LogP contribution in [0, 0.1) is 10.1 Å². The number of para-hydroxylation sites is 2. The molecule has 2 aliphatic rings. The Hall–Kier alpha value is -3.48. The molecule has 1 heterocycles. The molecule has 0 unspecified atom stereocenters. The highest BCUT2D eigenvalue weighted by Crippen LogP contribution is 2.45. The summed E-state index contributed by atoms with van der Waals surface area (Å²) in [5.74, 6) is -0.0511. The fourth-order valence-electron chi connectivity index (χ4n) is 4.35. The van der Waals surface area contributed by atoms with Gasteiger partial charge in [0, 0.05) is 36.2 Å². The number of hydrogen-bond acceptors (Lipinski definition) is 5. The van der Waals surface area contributed by atoms with E-state index >= 15 is 0 Å². The van der Waals surface area contributed by atoms with Gasteiger partial charge in [-0.25, -0.2) is 0 Å². The van der Waals surface area contributed by atoms with Crippen LogP contribution in [0.4, 0.5) is 17.1 Å². The van der Waals surface area contributed by atoms with Crippen molar-refractivity contribution >= 4 is 28.8 Å². The van der Waals surface area contributed by atoms with E-state index in [-0.39, 0.29) is 17.4 Å². The molecular weight excluding hydrogens is 394 g/mol. The highest BCUT2D eigenvalue weighted by atomic mass is 16.6. The molecule has 2 aromatic carbocycles. The van der Waals surface area contributed by atoms with Crippen LogP contribution in [0.3, 0.4) is 0 Å². The first-order valence-electron chi connectivity index (χ1n) is 10.7. The molecule has 1 amide bonds. The molecule has 0 bridgehead atoms. The normalized spacial score (nSPS) is 18.0. The lowest BCUT2D eigenvalue weighted by Gasteiger charge is -2.34. The Morgan fingerprint density at radius 2 is 1.90 bits per heavy atom. The van der Waals surface area contributed by atoms with Gasteiger partial charge in [-0.15, -0.1) is 0 Å². The van der Waals surface area contributed by atoms with E-state index in [0.29, 0.717) is 29.7 Å². The number of benzene rings is 2. The number of nitrogens with zero attached hydrogens (tertiary/aromatic N) is 2. The van der Waals surface area contributed by atoms with Gasteiger partial charge in [0.2, 0.25) is 5.91 Å². The van der Waals surface area contributed by atoms with Gasteiger partial charge in [-0.3, -0.25) is 24.6 Å². The average Bonchev–Trinajstić information content (AvgIpc) is 2.92. The van der Waals surface area contributed by atoms with Gasteiger partial charge in [0.1, 0.15) is 0 Å². The number of amides is 1. The first-order chi connectivity index (χ1) is 15.0. The molecule has 4 rings (SSSR count). The monoisotopic (exact) mass is 419 g/mol. The zero-order chi connectivity index (χ0) is 22.0. The lowest BCUT2D eigenvalue weighted by atomic mass is 9.85. The van der Waals surface area contributed by atoms with Crippen LogP contribution in [0.5, 0.6) is 0 Å². The number of allylic oxidation sites excluding steroid dienone is 1. The summed E-state index contributed by atoms with van der Waals surface area (Å²) in [6.07, 6.45) is 3.90. The topological polar surface area (TPSA) is 92.6 Å². The minimum Gasteiger partial charge on any atom is -0.357 e. The van der Waals surface area contributed by atoms with E-state index in [4.69, 9.17) is 0 Å². The number of ketones is 1. The molecule has 0 spiro atoms. The number of nitrogens with one attached hydrogen (secondary N) is 1. The van der Waals surface area contributed by atoms with Crippen LogP contribution in [0.2, 0.25) is 0 Å². The second-order valence-corrected chi connectivity index (χ2v) is 7.93. The number of carbonyl (C=O) groups is 2. The number of anilines is 2. The van der Waals surface area contributed by atoms with Gasteiger partial charge < -0.3 is 5.32 Å². The minimum atomic E-state index is -0.621. The predicted octanol–water partition coefficient (Wildman–Crippen LogP) is 5.29. The third kappa shape index (κ3) is 3.95. The number of Topliss-reactive ketones (excluding diaryl/α,β-unsaturated/α-hetero) is 1. The van der Waals surface area contributed by atoms with E-state index in [1.807, 2.05) is 31.2 Å². The summed E-state index contributed by atoms with van der Waals surface area (Å²) in [6, 6.07) is 13.1. The molecule has 1 atom stereocenters. The lowest BCUT2D eigenvalue weighted by molar-refractivity contribution is -0.384. The summed E-state index contributed by atoms with van der Waals surface area (Å²) in [7, 11) is 0. The molecule has 7 heteroatoms. The summed E-state index contributed by atoms with van der Waals surface area (Å²) in [6.45, 7) is 2.03. The van der Waals surface area contributed by atoms with E-state index in [1.165, 1.54) is 12.1 Å². The van der Waals surface area contributed by atoms with Gasteiger partial charge in [-0.1, -0.05) is 25.5 Å². The third-order valence-corrected chi connectivity index (χ3v) is 5.87. The van der Waals surface area contributed by atoms with Crippen LogP contribution in [0.15, 0.2) is 59.8 Å². The Balaban J connectivity index is 1.92. The van der Waals surface area contributed by atoms with Gasteiger partial charge in [-0.05, 0) is 49.1 Å². The van der Waals surface area contributed by atoms with Gasteiger partial charge in [-0.2, -0.15) is 0 Å². The molecular formula is C24H25N3O4. The van der Waals surface area contributed by atoms with E-state index < -0.39 is 11.0 Å². The van der Waals surface area contributed by atoms with Crippen LogP contribution >= 0.6 is 0 Å². The van der Waals surface area contributed by atoms with Crippen molar-refractivity contribution in [3.63, 3.8) is 0 Å². The molecule has 1 aliphatic carbocycles. The quantitative estimate of drug-likeness (QED) is 0.525. The van der Waals surface area contributed by atoms with Gasteiger partial charge in [0.15, 0.2) is 5.78 Å². The minimum absolute atomic E-state index is 0.0122. The number of nitro benzene ring substituents is 1. The van der Waals surface area contributed by atoms with Crippen molar-refractivity contribution in [3.05, 3.63) is 75.5 Å². The summed E-state index contributed by atoms with van der Waals surface area (Å²) in [4.78, 5) is 39.0. The van der Waals surface area contributed by atoms with E-state index in [2.05, 4.69) is 5.32 Å². The summed E-state index contributed by atoms with van der Waals surface area (Å²) < 4.78 is 0. The van der Waals surface area contributed by atoms with Crippen LogP contribution < -0.4 is 10.2 Å². The molecule has 0 aromatic heterocycles. The summed E-state index contributed by atoms with van der Waals surface area (Å²) >= 11 is 0. The second kappa shape index (κ2) is 8.71. The maximum atomic E-state index is 13.5. The number of rotatable bonds is 5. The van der Waals surface area contributed by atoms with Crippen molar-refractivity contribution in [3.8, 4) is 0 Å². The molecule has 31 heavy (non-hydrogen) atoms. The molecule has 7 nitrogen and oxygen atoms in total. The third-order valence-electron chi connectivity index (χ3n) is 5.87. The number of non-ortho nitro benzene ring substituents is 1. The van der Waals surface area contributed by atoms with Gasteiger partial charge in [0.25, 0.3) is 5.69 Å². The number of fused-ring (bicyclic) bond motifs is 1. The maximum absolute atomic E-state index is 13.5. The molecule has 2 aromatic rings. The smallest absolute Gasteiger partial charge is 0.269 e. The highest BCUT2D eigenvalue weighted by molar-refractivity contribution is 6.06. The fourth-order valence-corrected chi connectivity index (χ4v) is 4.35. The predicted molar refractivity (Wildman–Crippen MR) is 119 cm³/mol. The van der Waals surface area contributed by atoms with Crippen molar-refractivity contribution in [2.45, 2.75) is 51.5 Å². The van der Waals surface area contributed by atoms with Crippen LogP contribution in [0.25, 0.3) is 0 Å². The lowest BCUT2D eigenvalue weighted by Crippen LogP contribution is -2.37. The molecule has 0 fully saturated rings. The Labute approximate surface area is 180 Å². The van der Waals surface area contributed by atoms with Crippen LogP contribution in [-0.2, 0) is 9.59 Å². The standard InChI is InChI=1S/C24H25N3O4/c1-2-3-11-22(29)26-20-9-5-4-7-18(20)25-19-8-6-10-21(28)23(19)24(26)16-12-14-17(15-13-16)27(30)31/h4-5,7,9,12-15,24-25H,2-3,6,8,10-11H2,1H3/t24-/m0/s1. The number of nitro groups is 1. The average molecular weight is 419 g/mol. The Morgan fingerprint density at radius 1 is 1.16 bits per heavy atom. The Kier molecular flexibility index (Phi) is 5.84. The van der Waals surface area contributed by atoms with Crippen molar-refractivity contribution in [2.24, 2.45) is 0 Å². The van der Waals surface area contributed by atoms with Crippen molar-refractivity contribution in [2.75, 3.05) is 10.2 Å². The fraction of sp³-hybridized carbons (Fsp3) is 0.333. The van der Waals surface area contributed by atoms with Gasteiger partial charge >= 0.3 is 0 Å². The summed E-state index contributed by atoms with van der Waals surface area (Å²) in [5.41, 5.74) is 3.59. The number of unbranched alkanes of at least 4 members (excludes halogenated alkanes) is 1. The SMILES string of the molecule is CCCCC(=O)N1c2ccccc2NC2=C(C(=O)CCC2)[C@@H]1c1ccc([N+](=O)[O-])cc1. The maximum Gasteiger partial charge on any atom is 0.269 e. The zero-order valence-electron chi connectivity index (χ0n) is 17.5. The molecule has 160 valence electrons. The number of carbonyl (C=O) groups excluding carboxylic acids is 2. The Morgan fingerprint density at radius 3 is 2.61 bits per heavy atom. The molecule has 0 saturated heterocycles. The highest BCUT2D eigenvalue weighted by Gasteiger charge is 2.39. The van der Waals surface area contributed by atoms with E-state index in [9.17, 15) is 19.7 Å². The first-order valence-corrected chi connectivity index (χ1v) is 10.7. The second-order valence-electron chi connectivity index (χ2n) is 7.93. The van der Waals surface area contributed by atoms with Crippen molar-refractivity contribution in [1.82, 2.24) is 0 Å². The molecule has 1 N–H and O–H groups in total. The zero-order valence-corrected chi connectivity index (χ0v) is 17.5. The molecule has 0 saturated carbocycles. The first kappa shape index (κ1) is 20.8. The number of hydrogen-bond donors (Lipinski definition) is 1. The molecule has 1 aliphatic heterocycles. The van der Waals surface area contributed by atoms with Crippen molar-refractivity contribution in [1.29, 1.82) is 0 Å². The van der Waals surface area contributed by atoms with Gasteiger partial charge in [0.05, 0.1) is 22.3 Å². The Bertz CT molecular complexity index is 1060. The van der Waals surface area contributed by atoms with E-state index in [1.54, 1.807) is 17.0 Å².